The average Bonchev–Trinajstić information content (AvgIpc) is 2.61. The van der Waals surface area contributed by atoms with Crippen molar-refractivity contribution in [3.63, 3.8) is 0 Å². The highest BCUT2D eigenvalue weighted by atomic mass is 79.9. The van der Waals surface area contributed by atoms with Crippen LogP contribution in [0.2, 0.25) is 0 Å². The Morgan fingerprint density at radius 2 is 2.00 bits per heavy atom. The number of rotatable bonds is 4. The molecule has 0 radical (unpaired) electrons. The Morgan fingerprint density at radius 1 is 1.33 bits per heavy atom. The lowest BCUT2D eigenvalue weighted by atomic mass is 10.2. The third kappa shape index (κ3) is 2.72. The summed E-state index contributed by atoms with van der Waals surface area (Å²) in [4.78, 5) is 11.9. The van der Waals surface area contributed by atoms with E-state index >= 15 is 0 Å². The average molecular weight is 313 g/mol. The number of nitrogens with zero attached hydrogens (tertiary/aromatic N) is 1. The molecule has 1 N–H and O–H groups in total. The Labute approximate surface area is 113 Å². The van der Waals surface area contributed by atoms with Gasteiger partial charge in [-0.3, -0.25) is 9.89 Å². The molecule has 5 heteroatoms. The number of H-pyrrole nitrogens is 1. The van der Waals surface area contributed by atoms with Crippen LogP contribution >= 0.6 is 15.9 Å². The lowest BCUT2D eigenvalue weighted by Crippen LogP contribution is -2.17. The summed E-state index contributed by atoms with van der Waals surface area (Å²) in [6.45, 7) is 2.48. The number of aryl methyl sites for hydroxylation is 1. The second-order valence-electron chi connectivity index (χ2n) is 4.17. The Bertz CT molecular complexity index is 586. The number of aromatic amines is 1. The maximum Gasteiger partial charge on any atom is 0.281 e. The van der Waals surface area contributed by atoms with Crippen molar-refractivity contribution in [2.24, 2.45) is 0 Å². The maximum absolute atomic E-state index is 12.8. The largest absolute Gasteiger partial charge is 0.298 e. The van der Waals surface area contributed by atoms with Crippen molar-refractivity contribution in [2.75, 3.05) is 0 Å². The number of benzene rings is 1. The van der Waals surface area contributed by atoms with Gasteiger partial charge in [-0.15, -0.1) is 0 Å². The van der Waals surface area contributed by atoms with E-state index in [4.69, 9.17) is 0 Å². The highest BCUT2D eigenvalue weighted by Crippen LogP contribution is 2.12. The van der Waals surface area contributed by atoms with Crippen molar-refractivity contribution in [2.45, 2.75) is 26.3 Å². The van der Waals surface area contributed by atoms with E-state index in [2.05, 4.69) is 28.0 Å². The van der Waals surface area contributed by atoms with Gasteiger partial charge in [-0.05, 0) is 40.0 Å². The fourth-order valence-corrected chi connectivity index (χ4v) is 2.31. The van der Waals surface area contributed by atoms with Crippen molar-refractivity contribution in [3.8, 4) is 0 Å². The molecular formula is C13H14BrFN2O. The van der Waals surface area contributed by atoms with Gasteiger partial charge in [0.05, 0.1) is 12.2 Å². The lowest BCUT2D eigenvalue weighted by molar-refractivity contribution is 0.621. The first-order valence-electron chi connectivity index (χ1n) is 5.83. The highest BCUT2D eigenvalue weighted by Gasteiger charge is 2.10. The molecule has 0 aliphatic heterocycles. The van der Waals surface area contributed by atoms with Crippen LogP contribution in [-0.4, -0.2) is 9.78 Å². The number of aromatic nitrogens is 2. The standard InChI is InChI=1S/C13H14BrFN2O/c1-2-3-11-12(14)13(18)17(16-11)8-9-4-6-10(15)7-5-9/h4-7,16H,2-3,8H2,1H3. The summed E-state index contributed by atoms with van der Waals surface area (Å²) in [5.41, 5.74) is 1.71. The quantitative estimate of drug-likeness (QED) is 0.925. The van der Waals surface area contributed by atoms with Gasteiger partial charge in [0.15, 0.2) is 0 Å². The summed E-state index contributed by atoms with van der Waals surface area (Å²) in [5.74, 6) is -0.273. The lowest BCUT2D eigenvalue weighted by Gasteiger charge is -2.02. The molecular weight excluding hydrogens is 299 g/mol. The van der Waals surface area contributed by atoms with Crippen molar-refractivity contribution >= 4 is 15.9 Å². The van der Waals surface area contributed by atoms with Crippen LogP contribution in [-0.2, 0) is 13.0 Å². The van der Waals surface area contributed by atoms with Gasteiger partial charge in [-0.1, -0.05) is 25.5 Å². The molecule has 1 aromatic heterocycles. The molecule has 0 bridgehead atoms. The van der Waals surface area contributed by atoms with Crippen molar-refractivity contribution in [1.29, 1.82) is 0 Å². The normalized spacial score (nSPS) is 10.8. The molecule has 0 aliphatic carbocycles. The van der Waals surface area contributed by atoms with E-state index in [0.29, 0.717) is 11.0 Å². The van der Waals surface area contributed by atoms with Gasteiger partial charge in [-0.25, -0.2) is 9.07 Å². The SMILES string of the molecule is CCCc1[nH]n(Cc2ccc(F)cc2)c(=O)c1Br. The molecule has 3 nitrogen and oxygen atoms in total. The molecule has 18 heavy (non-hydrogen) atoms. The topological polar surface area (TPSA) is 37.8 Å². The van der Waals surface area contributed by atoms with E-state index in [9.17, 15) is 9.18 Å². The number of hydrogen-bond donors (Lipinski definition) is 1. The molecule has 0 atom stereocenters. The molecule has 96 valence electrons. The van der Waals surface area contributed by atoms with Gasteiger partial charge in [0, 0.05) is 0 Å². The molecule has 1 aromatic carbocycles. The molecule has 0 saturated heterocycles. The van der Waals surface area contributed by atoms with Crippen LogP contribution in [0.3, 0.4) is 0 Å². The second kappa shape index (κ2) is 5.52. The van der Waals surface area contributed by atoms with Gasteiger partial charge >= 0.3 is 0 Å². The molecule has 0 amide bonds. The van der Waals surface area contributed by atoms with E-state index in [1.54, 1.807) is 12.1 Å². The Balaban J connectivity index is 2.26. The molecule has 0 spiro atoms. The first-order valence-corrected chi connectivity index (χ1v) is 6.62. The number of hydrogen-bond acceptors (Lipinski definition) is 1. The summed E-state index contributed by atoms with van der Waals surface area (Å²) in [6, 6.07) is 6.14. The van der Waals surface area contributed by atoms with Gasteiger partial charge in [-0.2, -0.15) is 0 Å². The minimum Gasteiger partial charge on any atom is -0.298 e. The molecule has 0 aliphatic rings. The van der Waals surface area contributed by atoms with Gasteiger partial charge < -0.3 is 0 Å². The number of halogens is 2. The summed E-state index contributed by atoms with van der Waals surface area (Å²) in [7, 11) is 0. The first-order chi connectivity index (χ1) is 8.61. The van der Waals surface area contributed by atoms with Crippen molar-refractivity contribution in [1.82, 2.24) is 9.78 Å². The van der Waals surface area contributed by atoms with Crippen molar-refractivity contribution < 1.29 is 4.39 Å². The van der Waals surface area contributed by atoms with Crippen LogP contribution in [0.4, 0.5) is 4.39 Å². The smallest absolute Gasteiger partial charge is 0.281 e. The molecule has 0 saturated carbocycles. The van der Waals surface area contributed by atoms with E-state index < -0.39 is 0 Å². The Kier molecular flexibility index (Phi) is 4.01. The second-order valence-corrected chi connectivity index (χ2v) is 4.97. The summed E-state index contributed by atoms with van der Waals surface area (Å²) >= 11 is 3.30. The minimum absolute atomic E-state index is 0.0808. The summed E-state index contributed by atoms with van der Waals surface area (Å²) < 4.78 is 14.9. The van der Waals surface area contributed by atoms with Crippen LogP contribution in [0.25, 0.3) is 0 Å². The zero-order chi connectivity index (χ0) is 13.1. The molecule has 1 heterocycles. The maximum atomic E-state index is 12.8. The van der Waals surface area contributed by atoms with E-state index in [-0.39, 0.29) is 11.4 Å². The zero-order valence-electron chi connectivity index (χ0n) is 10.0. The van der Waals surface area contributed by atoms with Crippen LogP contribution < -0.4 is 5.56 Å². The van der Waals surface area contributed by atoms with Crippen molar-refractivity contribution in [3.05, 3.63) is 56.2 Å². The fraction of sp³-hybridized carbons (Fsp3) is 0.308. The predicted octanol–water partition coefficient (Wildman–Crippen LogP) is 3.08. The van der Waals surface area contributed by atoms with Crippen LogP contribution in [0.1, 0.15) is 24.6 Å². The van der Waals surface area contributed by atoms with Crippen LogP contribution in [0.5, 0.6) is 0 Å². The van der Waals surface area contributed by atoms with E-state index in [1.165, 1.54) is 16.8 Å². The van der Waals surface area contributed by atoms with Gasteiger partial charge in [0.1, 0.15) is 10.3 Å². The van der Waals surface area contributed by atoms with E-state index in [0.717, 1.165) is 24.1 Å². The predicted molar refractivity (Wildman–Crippen MR) is 72.2 cm³/mol. The van der Waals surface area contributed by atoms with E-state index in [1.807, 2.05) is 0 Å². The minimum atomic E-state index is -0.273. The molecule has 0 fully saturated rings. The molecule has 2 rings (SSSR count). The van der Waals surface area contributed by atoms with Crippen LogP contribution in [0.15, 0.2) is 33.5 Å². The fourth-order valence-electron chi connectivity index (χ4n) is 1.81. The molecule has 0 unspecified atom stereocenters. The van der Waals surface area contributed by atoms with Gasteiger partial charge in [0.2, 0.25) is 0 Å². The first kappa shape index (κ1) is 13.1. The van der Waals surface area contributed by atoms with Gasteiger partial charge in [0.25, 0.3) is 5.56 Å². The summed E-state index contributed by atoms with van der Waals surface area (Å²) in [6.07, 6.45) is 1.79. The third-order valence-electron chi connectivity index (χ3n) is 2.72. The summed E-state index contributed by atoms with van der Waals surface area (Å²) in [5, 5.41) is 3.08. The highest BCUT2D eigenvalue weighted by molar-refractivity contribution is 9.10. The monoisotopic (exact) mass is 312 g/mol. The van der Waals surface area contributed by atoms with Crippen LogP contribution in [0, 0.1) is 5.82 Å². The zero-order valence-corrected chi connectivity index (χ0v) is 11.6. The Hall–Kier alpha value is -1.36. The third-order valence-corrected chi connectivity index (χ3v) is 3.54. The Morgan fingerprint density at radius 3 is 2.61 bits per heavy atom. The number of nitrogens with one attached hydrogen (secondary N) is 1. The molecule has 2 aromatic rings.